The quantitative estimate of drug-likeness (QED) is 0.315. The number of ether oxygens (including phenoxy) is 3. The van der Waals surface area contributed by atoms with Crippen LogP contribution in [0.2, 0.25) is 0 Å². The molecule has 0 saturated heterocycles. The van der Waals surface area contributed by atoms with Gasteiger partial charge < -0.3 is 24.1 Å². The topological polar surface area (TPSA) is 109 Å². The minimum absolute atomic E-state index is 0.293. The van der Waals surface area contributed by atoms with Crippen LogP contribution in [0.25, 0.3) is 10.9 Å². The van der Waals surface area contributed by atoms with Crippen LogP contribution in [0.15, 0.2) is 41.1 Å². The number of anilines is 2. The number of aryl methyl sites for hydroxylation is 3. The first kappa shape index (κ1) is 22.1. The van der Waals surface area contributed by atoms with Crippen LogP contribution in [0, 0.1) is 20.8 Å². The summed E-state index contributed by atoms with van der Waals surface area (Å²) in [6, 6.07) is 9.08. The lowest BCUT2D eigenvalue weighted by molar-refractivity contribution is -0.131. The van der Waals surface area contributed by atoms with Gasteiger partial charge in [0.2, 0.25) is 5.95 Å². The Morgan fingerprint density at radius 2 is 1.91 bits per heavy atom. The molecule has 0 radical (unpaired) electrons. The van der Waals surface area contributed by atoms with Gasteiger partial charge in [-0.05, 0) is 38.5 Å². The van der Waals surface area contributed by atoms with Crippen LogP contribution in [-0.2, 0) is 11.4 Å². The van der Waals surface area contributed by atoms with E-state index in [1.807, 2.05) is 39.0 Å². The summed E-state index contributed by atoms with van der Waals surface area (Å²) in [4.78, 5) is 20.3. The molecule has 9 nitrogen and oxygen atoms in total. The predicted molar refractivity (Wildman–Crippen MR) is 122 cm³/mol. The van der Waals surface area contributed by atoms with Crippen LogP contribution in [0.5, 0.6) is 17.2 Å². The second-order valence-corrected chi connectivity index (χ2v) is 7.55. The van der Waals surface area contributed by atoms with Gasteiger partial charge in [-0.1, -0.05) is 11.2 Å². The Balaban J connectivity index is 1.61. The molecule has 2 aromatic heterocycles. The van der Waals surface area contributed by atoms with Crippen molar-refractivity contribution in [1.82, 2.24) is 15.1 Å². The number of carbonyl (C=O) groups excluding carboxylic acids is 1. The summed E-state index contributed by atoms with van der Waals surface area (Å²) in [6.45, 7) is 7.24. The average molecular weight is 448 g/mol. The molecule has 2 heterocycles. The van der Waals surface area contributed by atoms with Gasteiger partial charge in [0, 0.05) is 36.3 Å². The monoisotopic (exact) mass is 448 g/mol. The van der Waals surface area contributed by atoms with Crippen molar-refractivity contribution in [1.29, 1.82) is 0 Å². The smallest absolute Gasteiger partial charge is 0.308 e. The maximum Gasteiger partial charge on any atom is 0.308 e. The van der Waals surface area contributed by atoms with Crippen molar-refractivity contribution in [3.8, 4) is 17.2 Å². The number of nitrogens with one attached hydrogen (secondary N) is 1. The lowest BCUT2D eigenvalue weighted by Crippen LogP contribution is -2.04. The fraction of sp³-hybridized carbons (Fsp3) is 0.250. The molecular formula is C24H24N4O5. The molecule has 0 fully saturated rings. The van der Waals surface area contributed by atoms with Crippen molar-refractivity contribution < 1.29 is 23.5 Å². The number of hydrogen-bond donors (Lipinski definition) is 1. The van der Waals surface area contributed by atoms with E-state index in [9.17, 15) is 4.79 Å². The van der Waals surface area contributed by atoms with Gasteiger partial charge >= 0.3 is 5.97 Å². The van der Waals surface area contributed by atoms with E-state index in [2.05, 4.69) is 20.4 Å². The molecule has 9 heteroatoms. The first-order chi connectivity index (χ1) is 15.8. The molecule has 0 saturated carbocycles. The third kappa shape index (κ3) is 4.87. The number of benzene rings is 2. The number of hydrogen-bond acceptors (Lipinski definition) is 9. The van der Waals surface area contributed by atoms with Crippen molar-refractivity contribution >= 4 is 28.5 Å². The summed E-state index contributed by atoms with van der Waals surface area (Å²) in [5.41, 5.74) is 3.90. The molecule has 2 aromatic carbocycles. The van der Waals surface area contributed by atoms with E-state index in [0.717, 1.165) is 22.2 Å². The van der Waals surface area contributed by atoms with Crippen molar-refractivity contribution in [3.05, 3.63) is 59.1 Å². The zero-order valence-electron chi connectivity index (χ0n) is 19.1. The van der Waals surface area contributed by atoms with Crippen LogP contribution in [-0.4, -0.2) is 28.2 Å². The molecule has 0 aliphatic heterocycles. The SMILES string of the molecule is COc1cc2cnc(Nc3ccc(C)c(OC(C)=O)c3)nc2cc1OCc1c(C)noc1C. The lowest BCUT2D eigenvalue weighted by atomic mass is 10.2. The fourth-order valence-corrected chi connectivity index (χ4v) is 3.30. The van der Waals surface area contributed by atoms with E-state index in [1.165, 1.54) is 6.92 Å². The largest absolute Gasteiger partial charge is 0.493 e. The number of nitrogens with zero attached hydrogens (tertiary/aromatic N) is 3. The average Bonchev–Trinajstić information content (AvgIpc) is 3.10. The highest BCUT2D eigenvalue weighted by Crippen LogP contribution is 2.33. The summed E-state index contributed by atoms with van der Waals surface area (Å²) < 4.78 is 22.0. The summed E-state index contributed by atoms with van der Waals surface area (Å²) in [7, 11) is 1.58. The van der Waals surface area contributed by atoms with Gasteiger partial charge in [0.15, 0.2) is 11.5 Å². The number of fused-ring (bicyclic) bond motifs is 1. The van der Waals surface area contributed by atoms with Crippen LogP contribution in [0.3, 0.4) is 0 Å². The van der Waals surface area contributed by atoms with Crippen molar-refractivity contribution in [2.24, 2.45) is 0 Å². The Bertz CT molecular complexity index is 1310. The Hall–Kier alpha value is -4.14. The van der Waals surface area contributed by atoms with Gasteiger partial charge in [0.05, 0.1) is 23.9 Å². The Morgan fingerprint density at radius 1 is 1.09 bits per heavy atom. The van der Waals surface area contributed by atoms with E-state index in [4.69, 9.17) is 18.7 Å². The Labute approximate surface area is 190 Å². The van der Waals surface area contributed by atoms with Crippen LogP contribution < -0.4 is 19.5 Å². The summed E-state index contributed by atoms with van der Waals surface area (Å²) in [6.07, 6.45) is 1.70. The maximum atomic E-state index is 11.3. The van der Waals surface area contributed by atoms with E-state index < -0.39 is 0 Å². The van der Waals surface area contributed by atoms with Crippen LogP contribution in [0.1, 0.15) is 29.5 Å². The molecule has 0 atom stereocenters. The molecule has 0 unspecified atom stereocenters. The first-order valence-corrected chi connectivity index (χ1v) is 10.3. The van der Waals surface area contributed by atoms with Gasteiger partial charge in [-0.2, -0.15) is 0 Å². The minimum Gasteiger partial charge on any atom is -0.493 e. The number of aromatic nitrogens is 3. The summed E-state index contributed by atoms with van der Waals surface area (Å²) in [5, 5.41) is 7.90. The number of carbonyl (C=O) groups is 1. The third-order valence-corrected chi connectivity index (χ3v) is 5.12. The fourth-order valence-electron chi connectivity index (χ4n) is 3.30. The van der Waals surface area contributed by atoms with Gasteiger partial charge in [-0.15, -0.1) is 0 Å². The van der Waals surface area contributed by atoms with Crippen LogP contribution in [0.4, 0.5) is 11.6 Å². The van der Waals surface area contributed by atoms with Gasteiger partial charge in [-0.3, -0.25) is 4.79 Å². The first-order valence-electron chi connectivity index (χ1n) is 10.3. The predicted octanol–water partition coefficient (Wildman–Crippen LogP) is 4.80. The molecule has 4 aromatic rings. The maximum absolute atomic E-state index is 11.3. The zero-order chi connectivity index (χ0) is 23.5. The Morgan fingerprint density at radius 3 is 2.61 bits per heavy atom. The summed E-state index contributed by atoms with van der Waals surface area (Å²) >= 11 is 0. The normalized spacial score (nSPS) is 10.8. The van der Waals surface area contributed by atoms with E-state index in [1.54, 1.807) is 25.4 Å². The molecule has 0 bridgehead atoms. The number of rotatable bonds is 7. The molecule has 33 heavy (non-hydrogen) atoms. The molecule has 0 aliphatic carbocycles. The van der Waals surface area contributed by atoms with Gasteiger partial charge in [0.25, 0.3) is 0 Å². The minimum atomic E-state index is -0.379. The second-order valence-electron chi connectivity index (χ2n) is 7.55. The lowest BCUT2D eigenvalue weighted by Gasteiger charge is -2.13. The van der Waals surface area contributed by atoms with E-state index in [0.29, 0.717) is 46.8 Å². The number of methoxy groups -OCH3 is 1. The van der Waals surface area contributed by atoms with E-state index in [-0.39, 0.29) is 5.97 Å². The molecule has 0 spiro atoms. The molecule has 4 rings (SSSR count). The van der Waals surface area contributed by atoms with Crippen molar-refractivity contribution in [2.45, 2.75) is 34.3 Å². The standard InChI is InChI=1S/C24H24N4O5/c1-13-6-7-18(9-21(13)32-16(4)29)26-24-25-11-17-8-22(30-5)23(10-20(17)27-24)31-12-19-14(2)28-33-15(19)3/h6-11H,12H2,1-5H3,(H,25,26,27). The molecule has 0 amide bonds. The van der Waals surface area contributed by atoms with Crippen LogP contribution >= 0.6 is 0 Å². The third-order valence-electron chi connectivity index (χ3n) is 5.12. The molecule has 1 N–H and O–H groups in total. The van der Waals surface area contributed by atoms with E-state index >= 15 is 0 Å². The summed E-state index contributed by atoms with van der Waals surface area (Å²) in [5.74, 6) is 2.32. The molecule has 170 valence electrons. The highest BCUT2D eigenvalue weighted by atomic mass is 16.5. The Kier molecular flexibility index (Phi) is 6.12. The van der Waals surface area contributed by atoms with Crippen molar-refractivity contribution in [3.63, 3.8) is 0 Å². The van der Waals surface area contributed by atoms with Crippen molar-refractivity contribution in [2.75, 3.05) is 12.4 Å². The second kappa shape index (κ2) is 9.15. The van der Waals surface area contributed by atoms with Gasteiger partial charge in [0.1, 0.15) is 18.1 Å². The molecular weight excluding hydrogens is 424 g/mol. The molecule has 0 aliphatic rings. The zero-order valence-corrected chi connectivity index (χ0v) is 19.1. The highest BCUT2D eigenvalue weighted by Gasteiger charge is 2.14. The van der Waals surface area contributed by atoms with Gasteiger partial charge in [-0.25, -0.2) is 9.97 Å². The highest BCUT2D eigenvalue weighted by molar-refractivity contribution is 5.83. The number of esters is 1.